The van der Waals surface area contributed by atoms with Gasteiger partial charge in [-0.1, -0.05) is 130 Å². The maximum atomic E-state index is 14.2. The van der Waals surface area contributed by atoms with Gasteiger partial charge in [-0.3, -0.25) is 18.1 Å². The first-order chi connectivity index (χ1) is 19.5. The molecule has 0 aliphatic carbocycles. The molecule has 41 heavy (non-hydrogen) atoms. The predicted molar refractivity (Wildman–Crippen MR) is 174 cm³/mol. The van der Waals surface area contributed by atoms with Crippen molar-refractivity contribution in [2.24, 2.45) is 0 Å². The van der Waals surface area contributed by atoms with E-state index in [2.05, 4.69) is 27.7 Å². The Bertz CT molecular complexity index is 587. The lowest BCUT2D eigenvalue weighted by Gasteiger charge is -2.30. The van der Waals surface area contributed by atoms with E-state index < -0.39 is 15.6 Å². The number of hydrogen-bond acceptors (Lipinski definition) is 7. The molecule has 0 spiro atoms. The molecule has 0 N–H and O–H groups in total. The van der Waals surface area contributed by atoms with Crippen LogP contribution in [0.15, 0.2) is 0 Å². The van der Waals surface area contributed by atoms with Crippen molar-refractivity contribution >= 4 is 15.6 Å². The Hall–Kier alpha value is 0.260. The second-order valence-electron chi connectivity index (χ2n) is 12.0. The zero-order chi connectivity index (χ0) is 31.0. The maximum Gasteiger partial charge on any atom is 0.484 e. The van der Waals surface area contributed by atoms with E-state index in [0.717, 1.165) is 128 Å². The first-order valence-corrected chi connectivity index (χ1v) is 20.1. The second kappa shape index (κ2) is 25.6. The van der Waals surface area contributed by atoms with E-state index in [0.29, 0.717) is 0 Å². The quantitative estimate of drug-likeness (QED) is 0.0579. The third-order valence-electron chi connectivity index (χ3n) is 7.29. The first-order valence-electron chi connectivity index (χ1n) is 17.2. The second-order valence-corrected chi connectivity index (χ2v) is 15.3. The average Bonchev–Trinajstić information content (AvgIpc) is 2.89. The van der Waals surface area contributed by atoms with Crippen LogP contribution < -0.4 is 0 Å². The third-order valence-corrected chi connectivity index (χ3v) is 11.4. The van der Waals surface area contributed by atoms with Crippen LogP contribution in [0, 0.1) is 0 Å². The van der Waals surface area contributed by atoms with E-state index in [4.69, 9.17) is 22.4 Å². The molecule has 0 amide bonds. The van der Waals surface area contributed by atoms with Crippen molar-refractivity contribution in [2.75, 3.05) is 0 Å². The molecule has 0 aromatic carbocycles. The molecule has 9 heteroatoms. The van der Waals surface area contributed by atoms with Crippen LogP contribution in [0.2, 0.25) is 0 Å². The molecule has 4 atom stereocenters. The Morgan fingerprint density at radius 1 is 0.390 bits per heavy atom. The minimum Gasteiger partial charge on any atom is -0.284 e. The van der Waals surface area contributed by atoms with Crippen molar-refractivity contribution in [1.82, 2.24) is 0 Å². The average molecular weight is 627 g/mol. The fourth-order valence-electron chi connectivity index (χ4n) is 4.78. The van der Waals surface area contributed by atoms with Crippen LogP contribution in [-0.2, 0) is 31.5 Å². The van der Waals surface area contributed by atoms with Gasteiger partial charge in [-0.15, -0.1) is 0 Å². The van der Waals surface area contributed by atoms with Crippen molar-refractivity contribution in [1.29, 1.82) is 0 Å². The highest BCUT2D eigenvalue weighted by Gasteiger charge is 2.44. The van der Waals surface area contributed by atoms with Crippen LogP contribution in [0.5, 0.6) is 0 Å². The molecule has 0 aliphatic heterocycles. The van der Waals surface area contributed by atoms with Crippen molar-refractivity contribution < 1.29 is 31.5 Å². The van der Waals surface area contributed by atoms with Gasteiger partial charge in [0.2, 0.25) is 0 Å². The number of phosphoric acid groups is 2. The Morgan fingerprint density at radius 2 is 0.610 bits per heavy atom. The summed E-state index contributed by atoms with van der Waals surface area (Å²) in [5.41, 5.74) is 0. The van der Waals surface area contributed by atoms with Crippen molar-refractivity contribution in [3.63, 3.8) is 0 Å². The molecule has 0 radical (unpaired) electrons. The van der Waals surface area contributed by atoms with Crippen molar-refractivity contribution in [3.8, 4) is 0 Å². The van der Waals surface area contributed by atoms with E-state index in [1.165, 1.54) is 0 Å². The van der Waals surface area contributed by atoms with Gasteiger partial charge >= 0.3 is 15.6 Å². The fourth-order valence-corrected chi connectivity index (χ4v) is 8.66. The zero-order valence-corrected chi connectivity index (χ0v) is 30.0. The van der Waals surface area contributed by atoms with Gasteiger partial charge in [0, 0.05) is 0 Å². The zero-order valence-electron chi connectivity index (χ0n) is 28.2. The topological polar surface area (TPSA) is 80.3 Å². The van der Waals surface area contributed by atoms with Crippen LogP contribution in [0.4, 0.5) is 0 Å². The Morgan fingerprint density at radius 3 is 0.805 bits per heavy atom. The van der Waals surface area contributed by atoms with Gasteiger partial charge in [-0.25, -0.2) is 9.13 Å². The molecular weight excluding hydrogens is 558 g/mol. The summed E-state index contributed by atoms with van der Waals surface area (Å²) >= 11 is 0. The number of rotatable bonds is 30. The summed E-state index contributed by atoms with van der Waals surface area (Å²) in [6.07, 6.45) is 18.7. The molecule has 0 aliphatic rings. The molecule has 0 rings (SSSR count). The highest BCUT2D eigenvalue weighted by Crippen LogP contribution is 2.68. The van der Waals surface area contributed by atoms with Gasteiger partial charge in [0.05, 0.1) is 24.4 Å². The lowest BCUT2D eigenvalue weighted by molar-refractivity contribution is 0.0452. The number of unbranched alkanes of at least 4 members (excludes halogenated alkanes) is 12. The van der Waals surface area contributed by atoms with Crippen LogP contribution >= 0.6 is 15.6 Å². The normalized spacial score (nSPS) is 18.0. The number of hydrogen-bond donors (Lipinski definition) is 0. The standard InChI is InChI=1S/C32H68O7P2/c1-9-13-17-21-25-29(5)35-40(33,36-30(6)26-22-18-14-10-2)39-41(34,37-31(7)27-23-19-15-11-3)38-32(8)28-24-20-16-12-4/h29-32H,9-28H2,1-8H3. The van der Waals surface area contributed by atoms with E-state index in [-0.39, 0.29) is 24.4 Å². The summed E-state index contributed by atoms with van der Waals surface area (Å²) in [5, 5.41) is 0. The van der Waals surface area contributed by atoms with Gasteiger partial charge in [0.1, 0.15) is 0 Å². The lowest BCUT2D eigenvalue weighted by atomic mass is 10.1. The highest BCUT2D eigenvalue weighted by molar-refractivity contribution is 7.62. The van der Waals surface area contributed by atoms with Crippen LogP contribution in [0.3, 0.4) is 0 Å². The summed E-state index contributed by atoms with van der Waals surface area (Å²) < 4.78 is 58.1. The summed E-state index contributed by atoms with van der Waals surface area (Å²) in [6.45, 7) is 16.2. The van der Waals surface area contributed by atoms with Gasteiger partial charge in [-0.05, 0) is 53.4 Å². The molecule has 0 saturated heterocycles. The van der Waals surface area contributed by atoms with Gasteiger partial charge in [-0.2, -0.15) is 4.31 Å². The van der Waals surface area contributed by atoms with E-state index >= 15 is 0 Å². The smallest absolute Gasteiger partial charge is 0.284 e. The Balaban J connectivity index is 5.74. The van der Waals surface area contributed by atoms with Crippen LogP contribution in [-0.4, -0.2) is 24.4 Å². The molecule has 4 unspecified atom stereocenters. The predicted octanol–water partition coefficient (Wildman–Crippen LogP) is 12.7. The lowest BCUT2D eigenvalue weighted by Crippen LogP contribution is -2.18. The molecular formula is C32H68O7P2. The molecule has 0 fully saturated rings. The van der Waals surface area contributed by atoms with E-state index in [9.17, 15) is 9.13 Å². The van der Waals surface area contributed by atoms with Crippen molar-refractivity contribution in [3.05, 3.63) is 0 Å². The van der Waals surface area contributed by atoms with Crippen LogP contribution in [0.1, 0.15) is 184 Å². The monoisotopic (exact) mass is 626 g/mol. The first kappa shape index (κ1) is 41.3. The molecule has 0 bridgehead atoms. The maximum absolute atomic E-state index is 14.2. The fraction of sp³-hybridized carbons (Fsp3) is 1.00. The SMILES string of the molecule is CCCCCCC(C)OP(=O)(OC(C)CCCCCC)OP(=O)(OC(C)CCCCCC)OC(C)CCCCCC. The summed E-state index contributed by atoms with van der Waals surface area (Å²) in [6, 6.07) is 0. The van der Waals surface area contributed by atoms with Crippen molar-refractivity contribution in [2.45, 2.75) is 208 Å². The highest BCUT2D eigenvalue weighted by atomic mass is 31.3. The Labute approximate surface area is 255 Å². The summed E-state index contributed by atoms with van der Waals surface area (Å²) in [7, 11) is -8.53. The Kier molecular flexibility index (Phi) is 25.7. The van der Waals surface area contributed by atoms with Gasteiger partial charge < -0.3 is 0 Å². The molecule has 0 aromatic rings. The summed E-state index contributed by atoms with van der Waals surface area (Å²) in [5.74, 6) is 0. The van der Waals surface area contributed by atoms with Crippen LogP contribution in [0.25, 0.3) is 0 Å². The minimum absolute atomic E-state index is 0.378. The molecule has 248 valence electrons. The molecule has 0 aromatic heterocycles. The van der Waals surface area contributed by atoms with E-state index in [1.54, 1.807) is 0 Å². The number of phosphoric ester groups is 2. The van der Waals surface area contributed by atoms with Gasteiger partial charge in [0.15, 0.2) is 0 Å². The molecule has 7 nitrogen and oxygen atoms in total. The molecule has 0 heterocycles. The largest absolute Gasteiger partial charge is 0.484 e. The molecule has 0 saturated carbocycles. The van der Waals surface area contributed by atoms with Gasteiger partial charge in [0.25, 0.3) is 0 Å². The summed E-state index contributed by atoms with van der Waals surface area (Å²) in [4.78, 5) is 0. The third kappa shape index (κ3) is 23.3. The minimum atomic E-state index is -4.26. The van der Waals surface area contributed by atoms with E-state index in [1.807, 2.05) is 27.7 Å².